The molecule has 0 spiro atoms. The number of piperidine rings is 1. The third kappa shape index (κ3) is 9.04. The van der Waals surface area contributed by atoms with Gasteiger partial charge in [0.05, 0.1) is 53.3 Å². The number of halogens is 2. The topological polar surface area (TPSA) is 149 Å². The number of aromatic nitrogens is 4. The van der Waals surface area contributed by atoms with Gasteiger partial charge in [-0.2, -0.15) is 15.4 Å². The third-order valence-electron chi connectivity index (χ3n) is 11.7. The second kappa shape index (κ2) is 17.8. The number of pyridine rings is 1. The molecule has 16 heteroatoms. The number of benzene rings is 2. The summed E-state index contributed by atoms with van der Waals surface area (Å²) in [5.74, 6) is 0.129. The van der Waals surface area contributed by atoms with Gasteiger partial charge < -0.3 is 29.5 Å². The van der Waals surface area contributed by atoms with Gasteiger partial charge in [-0.3, -0.25) is 19.5 Å². The van der Waals surface area contributed by atoms with Gasteiger partial charge in [0.2, 0.25) is 0 Å². The van der Waals surface area contributed by atoms with Gasteiger partial charge in [0, 0.05) is 69.5 Å². The van der Waals surface area contributed by atoms with Crippen LogP contribution in [-0.4, -0.2) is 137 Å². The first-order valence-electron chi connectivity index (χ1n) is 19.5. The second-order valence-corrected chi connectivity index (χ2v) is 15.9. The van der Waals surface area contributed by atoms with Gasteiger partial charge >= 0.3 is 12.0 Å². The molecule has 3 saturated heterocycles. The SMILES string of the molecule is CCOC(=O)CN1CCN(C(=O)NC2(c3ccccn3)CCN(CCC3(c4ccc(Cl)c(Cl)c4)CCN(C(=O)c4cc(-c5cn[nH]n5)ccc4OC)C3)CC2)CC1. The van der Waals surface area contributed by atoms with E-state index in [4.69, 9.17) is 37.7 Å². The number of methoxy groups -OCH3 is 1. The predicted molar refractivity (Wildman–Crippen MR) is 216 cm³/mol. The fourth-order valence-corrected chi connectivity index (χ4v) is 8.70. The summed E-state index contributed by atoms with van der Waals surface area (Å²) in [5, 5.41) is 15.1. The molecule has 3 amide bonds. The average molecular weight is 819 g/mol. The minimum absolute atomic E-state index is 0.117. The van der Waals surface area contributed by atoms with Crippen LogP contribution in [0.4, 0.5) is 4.79 Å². The summed E-state index contributed by atoms with van der Waals surface area (Å²) >= 11 is 13.0. The van der Waals surface area contributed by atoms with Crippen molar-refractivity contribution < 1.29 is 23.9 Å². The second-order valence-electron chi connectivity index (χ2n) is 15.0. The van der Waals surface area contributed by atoms with Gasteiger partial charge in [-0.1, -0.05) is 35.3 Å². The number of H-pyrrole nitrogens is 1. The zero-order valence-electron chi connectivity index (χ0n) is 32.4. The van der Waals surface area contributed by atoms with Crippen molar-refractivity contribution in [1.29, 1.82) is 0 Å². The number of nitrogens with zero attached hydrogens (tertiary/aromatic N) is 7. The molecule has 7 rings (SSSR count). The molecule has 14 nitrogen and oxygen atoms in total. The normalized spacial score (nSPS) is 20.0. The Morgan fingerprint density at radius 2 is 1.70 bits per heavy atom. The molecule has 57 heavy (non-hydrogen) atoms. The lowest BCUT2D eigenvalue weighted by Crippen LogP contribution is -2.59. The number of urea groups is 1. The highest BCUT2D eigenvalue weighted by molar-refractivity contribution is 6.42. The van der Waals surface area contributed by atoms with Crippen molar-refractivity contribution in [3.8, 4) is 17.0 Å². The number of hydrogen-bond acceptors (Lipinski definition) is 10. The molecule has 0 radical (unpaired) electrons. The van der Waals surface area contributed by atoms with Crippen LogP contribution in [0.1, 0.15) is 54.2 Å². The lowest BCUT2D eigenvalue weighted by Gasteiger charge is -2.44. The molecule has 0 bridgehead atoms. The Kier molecular flexibility index (Phi) is 12.6. The first-order chi connectivity index (χ1) is 27.6. The van der Waals surface area contributed by atoms with Crippen LogP contribution in [0.25, 0.3) is 11.3 Å². The van der Waals surface area contributed by atoms with Crippen LogP contribution in [0.2, 0.25) is 10.0 Å². The Balaban J connectivity index is 1.04. The lowest BCUT2D eigenvalue weighted by molar-refractivity contribution is -0.144. The Morgan fingerprint density at radius 1 is 0.895 bits per heavy atom. The number of aromatic amines is 1. The molecular formula is C41H49Cl2N9O5. The number of piperazine rings is 1. The van der Waals surface area contributed by atoms with Crippen molar-refractivity contribution in [2.24, 2.45) is 0 Å². The van der Waals surface area contributed by atoms with E-state index in [0.29, 0.717) is 85.8 Å². The summed E-state index contributed by atoms with van der Waals surface area (Å²) in [7, 11) is 1.56. The molecule has 1 atom stereocenters. The molecule has 302 valence electrons. The first kappa shape index (κ1) is 40.4. The Hall–Kier alpha value is -4.76. The number of hydrogen-bond donors (Lipinski definition) is 2. The predicted octanol–water partition coefficient (Wildman–Crippen LogP) is 5.24. The third-order valence-corrected chi connectivity index (χ3v) is 12.5. The van der Waals surface area contributed by atoms with Gasteiger partial charge in [-0.15, -0.1) is 0 Å². The van der Waals surface area contributed by atoms with Crippen molar-refractivity contribution in [3.05, 3.63) is 93.9 Å². The molecule has 3 fully saturated rings. The van der Waals surface area contributed by atoms with E-state index in [9.17, 15) is 14.4 Å². The van der Waals surface area contributed by atoms with E-state index in [1.807, 2.05) is 63.2 Å². The number of carbonyl (C=O) groups is 3. The molecule has 3 aliphatic heterocycles. The molecule has 1 unspecified atom stereocenters. The van der Waals surface area contributed by atoms with E-state index < -0.39 is 5.54 Å². The summed E-state index contributed by atoms with van der Waals surface area (Å²) in [5.41, 5.74) is 2.75. The number of rotatable bonds is 12. The largest absolute Gasteiger partial charge is 0.496 e. The fourth-order valence-electron chi connectivity index (χ4n) is 8.40. The number of esters is 1. The number of likely N-dealkylation sites (tertiary alicyclic amines) is 2. The van der Waals surface area contributed by atoms with Crippen molar-refractivity contribution >= 4 is 41.1 Å². The molecule has 0 aliphatic carbocycles. The van der Waals surface area contributed by atoms with E-state index in [2.05, 4.69) is 25.6 Å². The lowest BCUT2D eigenvalue weighted by atomic mass is 9.76. The molecule has 2 aromatic carbocycles. The van der Waals surface area contributed by atoms with Gasteiger partial charge in [0.1, 0.15) is 11.4 Å². The summed E-state index contributed by atoms with van der Waals surface area (Å²) in [4.78, 5) is 53.0. The van der Waals surface area contributed by atoms with Crippen LogP contribution >= 0.6 is 23.2 Å². The molecule has 2 N–H and O–H groups in total. The van der Waals surface area contributed by atoms with E-state index in [-0.39, 0.29) is 29.9 Å². The smallest absolute Gasteiger partial charge is 0.320 e. The Bertz CT molecular complexity index is 2020. The van der Waals surface area contributed by atoms with Gasteiger partial charge in [-0.05, 0) is 87.2 Å². The van der Waals surface area contributed by atoms with Crippen LogP contribution in [0.5, 0.6) is 5.75 Å². The van der Waals surface area contributed by atoms with Crippen LogP contribution < -0.4 is 10.1 Å². The Labute approximate surface area is 342 Å². The average Bonchev–Trinajstić information content (AvgIpc) is 3.94. The maximum atomic E-state index is 14.3. The van der Waals surface area contributed by atoms with Crippen LogP contribution in [0.15, 0.2) is 67.0 Å². The highest BCUT2D eigenvalue weighted by atomic mass is 35.5. The van der Waals surface area contributed by atoms with Gasteiger partial charge in [0.25, 0.3) is 5.91 Å². The number of ether oxygens (including phenoxy) is 2. The standard InChI is InChI=1S/C41H49Cl2N9O5/c1-3-57-37(53)27-50-20-22-51(23-21-50)39(55)46-41(36-6-4-5-15-44-36)13-17-49(18-14-41)16-11-40(30-8-9-32(42)33(43)25-30)12-19-52(28-40)38(54)31-24-29(7-10-35(31)56-2)34-26-45-48-47-34/h4-10,15,24-26H,3,11-14,16-23,27-28H2,1-2H3,(H,46,55)(H,45,47,48). The maximum Gasteiger partial charge on any atom is 0.320 e. The quantitative estimate of drug-likeness (QED) is 0.182. The summed E-state index contributed by atoms with van der Waals surface area (Å²) < 4.78 is 10.7. The van der Waals surface area contributed by atoms with Crippen molar-refractivity contribution in [3.63, 3.8) is 0 Å². The number of nitrogens with one attached hydrogen (secondary N) is 2. The maximum absolute atomic E-state index is 14.3. The zero-order chi connectivity index (χ0) is 40.0. The molecule has 5 heterocycles. The van der Waals surface area contributed by atoms with Crippen LogP contribution in [0.3, 0.4) is 0 Å². The minimum Gasteiger partial charge on any atom is -0.496 e. The van der Waals surface area contributed by atoms with Gasteiger partial charge in [0.15, 0.2) is 0 Å². The summed E-state index contributed by atoms with van der Waals surface area (Å²) in [6.45, 7) is 7.94. The molecule has 2 aromatic heterocycles. The minimum atomic E-state index is -0.631. The molecular weight excluding hydrogens is 769 g/mol. The summed E-state index contributed by atoms with van der Waals surface area (Å²) in [6.07, 6.45) is 6.29. The van der Waals surface area contributed by atoms with E-state index in [1.165, 1.54) is 0 Å². The first-order valence-corrected chi connectivity index (χ1v) is 20.3. The number of amides is 3. The highest BCUT2D eigenvalue weighted by Gasteiger charge is 2.44. The highest BCUT2D eigenvalue weighted by Crippen LogP contribution is 2.42. The summed E-state index contributed by atoms with van der Waals surface area (Å²) in [6, 6.07) is 17.0. The monoisotopic (exact) mass is 817 g/mol. The number of carbonyl (C=O) groups excluding carboxylic acids is 3. The van der Waals surface area contributed by atoms with Crippen LogP contribution in [-0.2, 0) is 20.5 Å². The fraction of sp³-hybridized carbons (Fsp3) is 0.463. The van der Waals surface area contributed by atoms with Crippen molar-refractivity contribution in [1.82, 2.24) is 45.3 Å². The molecule has 0 saturated carbocycles. The van der Waals surface area contributed by atoms with Crippen molar-refractivity contribution in [2.45, 2.75) is 43.6 Å². The molecule has 4 aromatic rings. The Morgan fingerprint density at radius 3 is 2.39 bits per heavy atom. The molecule has 3 aliphatic rings. The van der Waals surface area contributed by atoms with Crippen LogP contribution in [0, 0.1) is 0 Å². The van der Waals surface area contributed by atoms with E-state index >= 15 is 0 Å². The van der Waals surface area contributed by atoms with E-state index in [1.54, 1.807) is 32.5 Å². The van der Waals surface area contributed by atoms with Crippen molar-refractivity contribution in [2.75, 3.05) is 79.2 Å². The van der Waals surface area contributed by atoms with Gasteiger partial charge in [-0.25, -0.2) is 4.79 Å². The zero-order valence-corrected chi connectivity index (χ0v) is 33.9. The van der Waals surface area contributed by atoms with E-state index in [0.717, 1.165) is 49.3 Å².